The number of hydrogen-bond acceptors (Lipinski definition) is 9. The third-order valence-electron chi connectivity index (χ3n) is 4.78. The Bertz CT molecular complexity index is 898. The Morgan fingerprint density at radius 3 is 1.94 bits per heavy atom. The second kappa shape index (κ2) is 9.03. The molecule has 11 heteroatoms. The minimum Gasteiger partial charge on any atom is -0.463 e. The lowest BCUT2D eigenvalue weighted by Crippen LogP contribution is -2.65. The van der Waals surface area contributed by atoms with Crippen LogP contribution in [-0.4, -0.2) is 71.1 Å². The minimum absolute atomic E-state index is 0.156. The van der Waals surface area contributed by atoms with E-state index in [0.29, 0.717) is 0 Å². The number of carbonyl (C=O) groups is 5. The molecule has 0 bridgehead atoms. The summed E-state index contributed by atoms with van der Waals surface area (Å²) < 4.78 is 21.3. The van der Waals surface area contributed by atoms with Gasteiger partial charge in [-0.1, -0.05) is 23.7 Å². The van der Waals surface area contributed by atoms with E-state index < -0.39 is 59.6 Å². The van der Waals surface area contributed by atoms with Crippen molar-refractivity contribution in [3.63, 3.8) is 0 Å². The lowest BCUT2D eigenvalue weighted by atomic mass is 9.96. The summed E-state index contributed by atoms with van der Waals surface area (Å²) in [5, 5.41) is 0. The average Bonchev–Trinajstić information content (AvgIpc) is 2.93. The van der Waals surface area contributed by atoms with Gasteiger partial charge in [0, 0.05) is 20.8 Å². The van der Waals surface area contributed by atoms with E-state index in [4.69, 9.17) is 30.5 Å². The molecule has 166 valence electrons. The maximum absolute atomic E-state index is 13.0. The maximum atomic E-state index is 13.0. The maximum Gasteiger partial charge on any atom is 0.303 e. The van der Waals surface area contributed by atoms with Gasteiger partial charge in [0.15, 0.2) is 17.8 Å². The number of esters is 3. The van der Waals surface area contributed by atoms with Crippen LogP contribution in [0.4, 0.5) is 0 Å². The number of halogens is 1. The van der Waals surface area contributed by atoms with E-state index in [1.807, 2.05) is 0 Å². The normalized spacial score (nSPS) is 27.5. The first kappa shape index (κ1) is 22.7. The zero-order valence-corrected chi connectivity index (χ0v) is 17.7. The molecule has 2 aliphatic rings. The molecule has 31 heavy (non-hydrogen) atoms. The third-order valence-corrected chi connectivity index (χ3v) is 5.14. The van der Waals surface area contributed by atoms with E-state index in [-0.39, 0.29) is 17.7 Å². The van der Waals surface area contributed by atoms with Crippen molar-refractivity contribution in [2.24, 2.45) is 0 Å². The molecule has 0 saturated carbocycles. The predicted molar refractivity (Wildman–Crippen MR) is 103 cm³/mol. The Hall–Kier alpha value is -2.98. The number of carbonyl (C=O) groups excluding carboxylic acids is 5. The molecule has 1 aromatic rings. The van der Waals surface area contributed by atoms with Gasteiger partial charge in [0.1, 0.15) is 18.8 Å². The summed E-state index contributed by atoms with van der Waals surface area (Å²) in [5.74, 6) is -3.44. The van der Waals surface area contributed by atoms with Crippen LogP contribution in [0, 0.1) is 0 Å². The van der Waals surface area contributed by atoms with Crippen molar-refractivity contribution < 1.29 is 42.9 Å². The van der Waals surface area contributed by atoms with E-state index >= 15 is 0 Å². The summed E-state index contributed by atoms with van der Waals surface area (Å²) in [6.07, 6.45) is -3.77. The number of fused-ring (bicyclic) bond motifs is 1. The number of hydrogen-bond donors (Lipinski definition) is 0. The minimum atomic E-state index is -1.36. The highest BCUT2D eigenvalue weighted by atomic mass is 35.5. The number of nitrogens with zero attached hydrogens (tertiary/aromatic N) is 1. The molecule has 1 fully saturated rings. The van der Waals surface area contributed by atoms with Gasteiger partial charge in [-0.25, -0.2) is 0 Å². The Morgan fingerprint density at radius 2 is 1.45 bits per heavy atom. The van der Waals surface area contributed by atoms with Crippen LogP contribution in [0.2, 0.25) is 0 Å². The van der Waals surface area contributed by atoms with Crippen molar-refractivity contribution in [2.45, 2.75) is 50.7 Å². The molecule has 1 saturated heterocycles. The number of ether oxygens (including phenoxy) is 4. The number of benzene rings is 1. The molecule has 0 N–H and O–H groups in total. The molecule has 2 aliphatic heterocycles. The Morgan fingerprint density at radius 1 is 0.935 bits per heavy atom. The van der Waals surface area contributed by atoms with Crippen molar-refractivity contribution in [3.8, 4) is 0 Å². The number of amides is 2. The zero-order valence-electron chi connectivity index (χ0n) is 16.9. The molecule has 3 rings (SSSR count). The highest BCUT2D eigenvalue weighted by Crippen LogP contribution is 2.36. The topological polar surface area (TPSA) is 126 Å². The summed E-state index contributed by atoms with van der Waals surface area (Å²) in [5.41, 5.74) is -1.04. The lowest BCUT2D eigenvalue weighted by Gasteiger charge is -2.45. The second-order valence-corrected chi connectivity index (χ2v) is 7.42. The molecule has 0 spiro atoms. The van der Waals surface area contributed by atoms with Gasteiger partial charge in [0.25, 0.3) is 11.8 Å². The van der Waals surface area contributed by atoms with Crippen LogP contribution in [0.1, 0.15) is 41.5 Å². The van der Waals surface area contributed by atoms with Gasteiger partial charge < -0.3 is 18.9 Å². The number of alkyl halides is 1. The van der Waals surface area contributed by atoms with Crippen molar-refractivity contribution in [2.75, 3.05) is 6.61 Å². The number of rotatable bonds is 5. The van der Waals surface area contributed by atoms with Crippen LogP contribution >= 0.6 is 11.6 Å². The van der Waals surface area contributed by atoms with Crippen molar-refractivity contribution in [1.82, 2.24) is 4.90 Å². The SMILES string of the molecule is CC(=O)OC[C@H]1O[C@H](Cl)[C@@H](N2C(=O)c3ccccc3C2=O)[C@@H](OC(C)=O)[C@H]1OC(C)=O. The van der Waals surface area contributed by atoms with Gasteiger partial charge in [-0.2, -0.15) is 0 Å². The van der Waals surface area contributed by atoms with Gasteiger partial charge in [-0.05, 0) is 12.1 Å². The van der Waals surface area contributed by atoms with Crippen molar-refractivity contribution >= 4 is 41.3 Å². The van der Waals surface area contributed by atoms with Gasteiger partial charge in [0.05, 0.1) is 11.1 Å². The Labute approximate surface area is 182 Å². The first-order chi connectivity index (χ1) is 14.6. The molecule has 1 aromatic carbocycles. The molecule has 0 aliphatic carbocycles. The second-order valence-electron chi connectivity index (χ2n) is 6.99. The molecule has 0 radical (unpaired) electrons. The molecule has 2 amide bonds. The summed E-state index contributed by atoms with van der Waals surface area (Å²) in [4.78, 5) is 61.6. The van der Waals surface area contributed by atoms with Crippen LogP contribution in [0.3, 0.4) is 0 Å². The van der Waals surface area contributed by atoms with Crippen LogP contribution in [0.5, 0.6) is 0 Å². The van der Waals surface area contributed by atoms with Crippen LogP contribution in [0.15, 0.2) is 24.3 Å². The standard InChI is InChI=1S/C20H20ClNO9/c1-9(23)28-8-14-16(29-10(2)24)17(30-11(3)25)15(18(21)31-14)22-19(26)12-6-4-5-7-13(12)20(22)27/h4-7,14-18H,8H2,1-3H3/t14-,15+,16+,17-,18+/m1/s1. The van der Waals surface area contributed by atoms with Gasteiger partial charge in [-0.3, -0.25) is 28.9 Å². The van der Waals surface area contributed by atoms with Gasteiger partial charge in [0.2, 0.25) is 0 Å². The monoisotopic (exact) mass is 453 g/mol. The van der Waals surface area contributed by atoms with E-state index in [2.05, 4.69) is 0 Å². The molecule has 0 aromatic heterocycles. The summed E-state index contributed by atoms with van der Waals surface area (Å²) in [7, 11) is 0. The molecular formula is C20H20ClNO9. The Balaban J connectivity index is 2.01. The fourth-order valence-corrected chi connectivity index (χ4v) is 4.01. The molecule has 2 heterocycles. The van der Waals surface area contributed by atoms with Crippen LogP contribution < -0.4 is 0 Å². The third kappa shape index (κ3) is 4.54. The fraction of sp³-hybridized carbons (Fsp3) is 0.450. The molecule has 10 nitrogen and oxygen atoms in total. The van der Waals surface area contributed by atoms with E-state index in [0.717, 1.165) is 18.7 Å². The van der Waals surface area contributed by atoms with Gasteiger partial charge in [-0.15, -0.1) is 0 Å². The molecule has 5 atom stereocenters. The highest BCUT2D eigenvalue weighted by Gasteiger charge is 2.56. The predicted octanol–water partition coefficient (Wildman–Crippen LogP) is 1.04. The van der Waals surface area contributed by atoms with E-state index in [1.165, 1.54) is 19.1 Å². The molecule has 0 unspecified atom stereocenters. The smallest absolute Gasteiger partial charge is 0.303 e. The number of imide groups is 1. The van der Waals surface area contributed by atoms with E-state index in [1.54, 1.807) is 12.1 Å². The summed E-state index contributed by atoms with van der Waals surface area (Å²) in [6, 6.07) is 4.86. The van der Waals surface area contributed by atoms with Crippen molar-refractivity contribution in [1.29, 1.82) is 0 Å². The lowest BCUT2D eigenvalue weighted by molar-refractivity contribution is -0.218. The molecular weight excluding hydrogens is 434 g/mol. The quantitative estimate of drug-likeness (QED) is 0.278. The first-order valence-electron chi connectivity index (χ1n) is 9.36. The Kier molecular flexibility index (Phi) is 6.61. The summed E-state index contributed by atoms with van der Waals surface area (Å²) >= 11 is 6.39. The average molecular weight is 454 g/mol. The largest absolute Gasteiger partial charge is 0.463 e. The van der Waals surface area contributed by atoms with Crippen molar-refractivity contribution in [3.05, 3.63) is 35.4 Å². The van der Waals surface area contributed by atoms with Gasteiger partial charge >= 0.3 is 17.9 Å². The fourth-order valence-electron chi connectivity index (χ4n) is 3.62. The summed E-state index contributed by atoms with van der Waals surface area (Å²) in [6.45, 7) is 3.05. The van der Waals surface area contributed by atoms with E-state index in [9.17, 15) is 24.0 Å². The highest BCUT2D eigenvalue weighted by molar-refractivity contribution is 6.24. The zero-order chi connectivity index (χ0) is 22.9. The first-order valence-corrected chi connectivity index (χ1v) is 9.79. The van der Waals surface area contributed by atoms with Crippen LogP contribution in [-0.2, 0) is 33.3 Å². The van der Waals surface area contributed by atoms with Crippen LogP contribution in [0.25, 0.3) is 0 Å².